The first kappa shape index (κ1) is 20.2. The van der Waals surface area contributed by atoms with Gasteiger partial charge in [0.1, 0.15) is 18.4 Å². The molecule has 7 heteroatoms. The van der Waals surface area contributed by atoms with Gasteiger partial charge in [-0.15, -0.1) is 5.92 Å². The zero-order valence-corrected chi connectivity index (χ0v) is 14.5. The van der Waals surface area contributed by atoms with Crippen molar-refractivity contribution in [3.8, 4) is 17.6 Å². The number of allylic oxidation sites excluding steroid dienone is 1. The number of hydrogen-bond donors (Lipinski definition) is 4. The maximum absolute atomic E-state index is 12.3. The first-order valence-corrected chi connectivity index (χ1v) is 7.63. The molecule has 0 aliphatic heterocycles. The molecule has 0 saturated carbocycles. The van der Waals surface area contributed by atoms with Crippen molar-refractivity contribution in [2.45, 2.75) is 32.4 Å². The van der Waals surface area contributed by atoms with Gasteiger partial charge in [0.15, 0.2) is 0 Å². The molecule has 0 spiro atoms. The van der Waals surface area contributed by atoms with Crippen molar-refractivity contribution in [2.24, 2.45) is 5.73 Å². The van der Waals surface area contributed by atoms with Crippen LogP contribution in [0.25, 0.3) is 0 Å². The van der Waals surface area contributed by atoms with Crippen LogP contribution in [-0.2, 0) is 4.79 Å². The highest BCUT2D eigenvalue weighted by atomic mass is 16.5. The molecule has 1 rings (SSSR count). The lowest BCUT2D eigenvalue weighted by molar-refractivity contribution is -0.132. The van der Waals surface area contributed by atoms with E-state index in [0.717, 1.165) is 0 Å². The summed E-state index contributed by atoms with van der Waals surface area (Å²) >= 11 is 0. The number of amides is 2. The summed E-state index contributed by atoms with van der Waals surface area (Å²) in [5.41, 5.74) is 6.66. The average molecular weight is 345 g/mol. The molecule has 0 radical (unpaired) electrons. The highest BCUT2D eigenvalue weighted by Crippen LogP contribution is 2.13. The minimum atomic E-state index is -1.09. The largest absolute Gasteiger partial charge is 0.490 e. The summed E-state index contributed by atoms with van der Waals surface area (Å²) in [6, 6.07) is 5.33. The minimum Gasteiger partial charge on any atom is -0.490 e. The van der Waals surface area contributed by atoms with Gasteiger partial charge >= 0.3 is 0 Å². The van der Waals surface area contributed by atoms with Crippen molar-refractivity contribution in [1.29, 1.82) is 0 Å². The van der Waals surface area contributed by atoms with Crippen LogP contribution in [0.15, 0.2) is 36.4 Å². The van der Waals surface area contributed by atoms with E-state index in [1.807, 2.05) is 0 Å². The highest BCUT2D eigenvalue weighted by Gasteiger charge is 2.33. The Bertz CT molecular complexity index is 679. The van der Waals surface area contributed by atoms with E-state index < -0.39 is 23.4 Å². The fraction of sp³-hybridized carbons (Fsp3) is 0.333. The van der Waals surface area contributed by atoms with E-state index >= 15 is 0 Å². The van der Waals surface area contributed by atoms with Crippen LogP contribution in [0, 0.1) is 11.8 Å². The van der Waals surface area contributed by atoms with Gasteiger partial charge in [-0.1, -0.05) is 5.92 Å². The molecule has 1 atom stereocenters. The molecule has 5 N–H and O–H groups in total. The first-order chi connectivity index (χ1) is 11.8. The number of nitrogens with two attached hydrogens (primary N) is 1. The summed E-state index contributed by atoms with van der Waals surface area (Å²) in [5.74, 6) is 4.83. The monoisotopic (exact) mass is 345 g/mol. The second-order valence-electron chi connectivity index (χ2n) is 5.84. The molecular weight excluding hydrogens is 322 g/mol. The predicted molar refractivity (Wildman–Crippen MR) is 94.0 cm³/mol. The molecule has 0 heterocycles. The van der Waals surface area contributed by atoms with Crippen LogP contribution in [0.2, 0.25) is 0 Å². The number of hydrogen-bond acceptors (Lipinski definition) is 5. The zero-order valence-electron chi connectivity index (χ0n) is 14.5. The number of ether oxygens (including phenoxy) is 1. The molecule has 25 heavy (non-hydrogen) atoms. The Morgan fingerprint density at radius 3 is 2.52 bits per heavy atom. The molecule has 1 aromatic rings. The van der Waals surface area contributed by atoms with Gasteiger partial charge in [-0.3, -0.25) is 14.8 Å². The van der Waals surface area contributed by atoms with E-state index in [9.17, 15) is 9.59 Å². The summed E-state index contributed by atoms with van der Waals surface area (Å²) in [6.07, 6.45) is 3.47. The van der Waals surface area contributed by atoms with Gasteiger partial charge in [0, 0.05) is 11.1 Å². The van der Waals surface area contributed by atoms with Crippen molar-refractivity contribution in [3.63, 3.8) is 0 Å². The summed E-state index contributed by atoms with van der Waals surface area (Å²) in [4.78, 5) is 24.0. The lowest BCUT2D eigenvalue weighted by atomic mass is 9.95. The number of benzene rings is 1. The highest BCUT2D eigenvalue weighted by molar-refractivity contribution is 5.97. The zero-order chi connectivity index (χ0) is 18.9. The van der Waals surface area contributed by atoms with E-state index in [2.05, 4.69) is 17.2 Å². The van der Waals surface area contributed by atoms with Gasteiger partial charge in [-0.05, 0) is 57.2 Å². The van der Waals surface area contributed by atoms with E-state index in [-0.39, 0.29) is 0 Å². The van der Waals surface area contributed by atoms with Crippen molar-refractivity contribution in [3.05, 3.63) is 42.0 Å². The lowest BCUT2D eigenvalue weighted by Gasteiger charge is -2.29. The number of carbonyl (C=O) groups excluding carboxylic acids is 2. The molecule has 0 aliphatic rings. The molecule has 2 amide bonds. The smallest absolute Gasteiger partial charge is 0.267 e. The summed E-state index contributed by atoms with van der Waals surface area (Å²) in [7, 11) is 0. The molecule has 0 fully saturated rings. The average Bonchev–Trinajstić information content (AvgIpc) is 2.58. The fourth-order valence-corrected chi connectivity index (χ4v) is 1.91. The van der Waals surface area contributed by atoms with Gasteiger partial charge < -0.3 is 15.8 Å². The van der Waals surface area contributed by atoms with Crippen molar-refractivity contribution < 1.29 is 19.5 Å². The Hall–Kier alpha value is -2.82. The Balaban J connectivity index is 2.72. The van der Waals surface area contributed by atoms with Crippen LogP contribution in [-0.4, -0.2) is 35.2 Å². The fourth-order valence-electron chi connectivity index (χ4n) is 1.91. The van der Waals surface area contributed by atoms with Crippen molar-refractivity contribution >= 4 is 11.8 Å². The molecular formula is C18H23N3O4. The maximum atomic E-state index is 12.3. The first-order valence-electron chi connectivity index (χ1n) is 7.63. The predicted octanol–water partition coefficient (Wildman–Crippen LogP) is 0.986. The van der Waals surface area contributed by atoms with Crippen LogP contribution in [0.4, 0.5) is 0 Å². The van der Waals surface area contributed by atoms with Crippen LogP contribution < -0.4 is 21.3 Å². The molecule has 0 aromatic heterocycles. The Labute approximate surface area is 147 Å². The van der Waals surface area contributed by atoms with Gasteiger partial charge in [0.05, 0.1) is 0 Å². The van der Waals surface area contributed by atoms with Gasteiger partial charge in [-0.2, -0.15) is 0 Å². The van der Waals surface area contributed by atoms with Gasteiger partial charge in [-0.25, -0.2) is 5.48 Å². The molecule has 0 bridgehead atoms. The third kappa shape index (κ3) is 6.67. The Morgan fingerprint density at radius 1 is 1.36 bits per heavy atom. The lowest BCUT2D eigenvalue weighted by Crippen LogP contribution is -2.61. The summed E-state index contributed by atoms with van der Waals surface area (Å²) in [5, 5.41) is 11.3. The standard InChI is InChI=1S/C18H23N3O4/c1-4-5-6-7-12-25-14-10-8-13(9-11-14)16(22)20-15(17(23)21-24)18(2,3)19/h6-11,15,24H,12,19H2,1-3H3,(H,20,22)(H,21,23)/b7-6+. The van der Waals surface area contributed by atoms with E-state index in [4.69, 9.17) is 15.7 Å². The third-order valence-electron chi connectivity index (χ3n) is 3.20. The molecule has 1 aromatic carbocycles. The molecule has 0 saturated heterocycles. The molecule has 134 valence electrons. The van der Waals surface area contributed by atoms with Crippen LogP contribution in [0.1, 0.15) is 31.1 Å². The van der Waals surface area contributed by atoms with Gasteiger partial charge in [0.25, 0.3) is 11.8 Å². The SMILES string of the molecule is CC#C/C=C/COc1ccc(C(=O)NC(C(=O)NO)C(C)(C)N)cc1. The van der Waals surface area contributed by atoms with Crippen LogP contribution in [0.5, 0.6) is 5.75 Å². The molecule has 7 nitrogen and oxygen atoms in total. The quantitative estimate of drug-likeness (QED) is 0.334. The summed E-state index contributed by atoms with van der Waals surface area (Å²) in [6.45, 7) is 5.25. The second kappa shape index (κ2) is 9.47. The Kier molecular flexibility index (Phi) is 7.66. The minimum absolute atomic E-state index is 0.333. The maximum Gasteiger partial charge on any atom is 0.267 e. The molecule has 1 unspecified atom stereocenters. The Morgan fingerprint density at radius 2 is 2.00 bits per heavy atom. The van der Waals surface area contributed by atoms with Crippen LogP contribution in [0.3, 0.4) is 0 Å². The second-order valence-corrected chi connectivity index (χ2v) is 5.84. The van der Waals surface area contributed by atoms with E-state index in [1.54, 1.807) is 57.2 Å². The molecule has 0 aliphatic carbocycles. The third-order valence-corrected chi connectivity index (χ3v) is 3.20. The van der Waals surface area contributed by atoms with Crippen LogP contribution >= 0.6 is 0 Å². The number of carbonyl (C=O) groups is 2. The van der Waals surface area contributed by atoms with E-state index in [0.29, 0.717) is 17.9 Å². The number of rotatable bonds is 7. The number of hydroxylamine groups is 1. The topological polar surface area (TPSA) is 114 Å². The number of nitrogens with one attached hydrogen (secondary N) is 2. The van der Waals surface area contributed by atoms with Crippen molar-refractivity contribution in [2.75, 3.05) is 6.61 Å². The summed E-state index contributed by atoms with van der Waals surface area (Å²) < 4.78 is 5.47. The van der Waals surface area contributed by atoms with Crippen molar-refractivity contribution in [1.82, 2.24) is 10.8 Å². The normalized spacial score (nSPS) is 12.0. The van der Waals surface area contributed by atoms with E-state index in [1.165, 1.54) is 5.48 Å². The van der Waals surface area contributed by atoms with Gasteiger partial charge in [0.2, 0.25) is 0 Å².